The molecule has 0 unspecified atom stereocenters. The molecule has 1 aromatic carbocycles. The summed E-state index contributed by atoms with van der Waals surface area (Å²) in [5.74, 6) is 0.888. The van der Waals surface area contributed by atoms with Gasteiger partial charge in [-0.2, -0.15) is 0 Å². The Bertz CT molecular complexity index is 846. The molecule has 3 nitrogen and oxygen atoms in total. The first kappa shape index (κ1) is 14.4. The van der Waals surface area contributed by atoms with Crippen molar-refractivity contribution in [1.29, 1.82) is 0 Å². The first-order valence-corrected chi connectivity index (χ1v) is 7.42. The van der Waals surface area contributed by atoms with Gasteiger partial charge in [0.2, 0.25) is 0 Å². The Morgan fingerprint density at radius 2 is 2.00 bits per heavy atom. The Kier molecular flexibility index (Phi) is 3.72. The van der Waals surface area contributed by atoms with E-state index in [1.165, 1.54) is 0 Å². The van der Waals surface area contributed by atoms with Crippen molar-refractivity contribution >= 4 is 11.8 Å². The topological polar surface area (TPSA) is 30.7 Å². The zero-order valence-corrected chi connectivity index (χ0v) is 13.1. The van der Waals surface area contributed by atoms with Crippen molar-refractivity contribution in [3.63, 3.8) is 0 Å². The maximum Gasteiger partial charge on any atom is 0.167 e. The van der Waals surface area contributed by atoms with Gasteiger partial charge in [-0.15, -0.1) is 0 Å². The highest BCUT2D eigenvalue weighted by atomic mass is 16.5. The van der Waals surface area contributed by atoms with Crippen LogP contribution in [0.15, 0.2) is 42.6 Å². The van der Waals surface area contributed by atoms with Crippen molar-refractivity contribution in [1.82, 2.24) is 4.40 Å². The lowest BCUT2D eigenvalue weighted by atomic mass is 10.0. The Morgan fingerprint density at radius 1 is 1.18 bits per heavy atom. The van der Waals surface area contributed by atoms with Crippen molar-refractivity contribution in [2.45, 2.75) is 20.3 Å². The molecule has 0 atom stereocenters. The number of benzene rings is 1. The van der Waals surface area contributed by atoms with E-state index in [0.717, 1.165) is 46.2 Å². The molecule has 0 radical (unpaired) electrons. The summed E-state index contributed by atoms with van der Waals surface area (Å²) >= 11 is 0. The molecule has 3 rings (SSSR count). The second-order valence-corrected chi connectivity index (χ2v) is 5.44. The molecule has 3 heteroatoms. The first-order chi connectivity index (χ1) is 10.7. The summed E-state index contributed by atoms with van der Waals surface area (Å²) < 4.78 is 7.34. The maximum atomic E-state index is 11.6. The fraction of sp³-hybridized carbons (Fsp3) is 0.211. The Morgan fingerprint density at radius 3 is 2.68 bits per heavy atom. The van der Waals surface area contributed by atoms with Crippen molar-refractivity contribution < 1.29 is 9.53 Å². The lowest BCUT2D eigenvalue weighted by Gasteiger charge is -2.09. The molecule has 0 fully saturated rings. The number of fused-ring (bicyclic) bond motifs is 1. The van der Waals surface area contributed by atoms with Crippen molar-refractivity contribution in [3.05, 3.63) is 59.4 Å². The molecule has 0 spiro atoms. The minimum Gasteiger partial charge on any atom is -0.496 e. The number of rotatable bonds is 4. The molecule has 0 saturated carbocycles. The van der Waals surface area contributed by atoms with Gasteiger partial charge in [0.15, 0.2) is 6.29 Å². The quantitative estimate of drug-likeness (QED) is 0.671. The van der Waals surface area contributed by atoms with Crippen LogP contribution in [-0.2, 0) is 6.42 Å². The summed E-state index contributed by atoms with van der Waals surface area (Å²) in [6, 6.07) is 12.2. The number of carbonyl (C=O) groups excluding carboxylic acids is 1. The Labute approximate surface area is 130 Å². The molecule has 112 valence electrons. The summed E-state index contributed by atoms with van der Waals surface area (Å²) in [6.45, 7) is 4.12. The van der Waals surface area contributed by atoms with E-state index in [1.807, 2.05) is 35.7 Å². The molecule has 0 amide bonds. The number of aldehydes is 1. The van der Waals surface area contributed by atoms with Gasteiger partial charge in [-0.1, -0.05) is 19.1 Å². The van der Waals surface area contributed by atoms with E-state index < -0.39 is 0 Å². The standard InChI is InChI=1S/C19H19NO2/c1-4-14-9-15(6-8-19(14)22-3)17-10-16-7-5-13(2)11-20(16)18(17)12-21/h5-12H,4H2,1-3H3. The number of pyridine rings is 1. The van der Waals surface area contributed by atoms with E-state index in [1.54, 1.807) is 7.11 Å². The lowest BCUT2D eigenvalue weighted by molar-refractivity contribution is 0.111. The van der Waals surface area contributed by atoms with E-state index >= 15 is 0 Å². The van der Waals surface area contributed by atoms with Crippen LogP contribution in [0.3, 0.4) is 0 Å². The normalized spacial score (nSPS) is 10.9. The van der Waals surface area contributed by atoms with Crippen molar-refractivity contribution in [2.24, 2.45) is 0 Å². The summed E-state index contributed by atoms with van der Waals surface area (Å²) in [5, 5.41) is 0. The van der Waals surface area contributed by atoms with Gasteiger partial charge in [0.05, 0.1) is 12.8 Å². The molecule has 0 saturated heterocycles. The number of hydrogen-bond acceptors (Lipinski definition) is 2. The average Bonchev–Trinajstić information content (AvgIpc) is 2.91. The zero-order valence-electron chi connectivity index (χ0n) is 13.1. The van der Waals surface area contributed by atoms with Gasteiger partial charge in [0.25, 0.3) is 0 Å². The van der Waals surface area contributed by atoms with E-state index in [-0.39, 0.29) is 0 Å². The highest BCUT2D eigenvalue weighted by molar-refractivity contribution is 5.90. The van der Waals surface area contributed by atoms with Crippen LogP contribution < -0.4 is 4.74 Å². The van der Waals surface area contributed by atoms with Gasteiger partial charge in [-0.05, 0) is 54.3 Å². The van der Waals surface area contributed by atoms with Crippen molar-refractivity contribution in [2.75, 3.05) is 7.11 Å². The van der Waals surface area contributed by atoms with Crippen LogP contribution in [0.25, 0.3) is 16.6 Å². The molecule has 0 aliphatic rings. The van der Waals surface area contributed by atoms with E-state index in [0.29, 0.717) is 5.69 Å². The highest BCUT2D eigenvalue weighted by Crippen LogP contribution is 2.31. The van der Waals surface area contributed by atoms with E-state index in [9.17, 15) is 4.79 Å². The number of methoxy groups -OCH3 is 1. The average molecular weight is 293 g/mol. The molecule has 2 aromatic heterocycles. The van der Waals surface area contributed by atoms with Crippen molar-refractivity contribution in [3.8, 4) is 16.9 Å². The summed E-state index contributed by atoms with van der Waals surface area (Å²) in [7, 11) is 1.68. The Hall–Kier alpha value is -2.55. The number of ether oxygens (including phenoxy) is 1. The number of carbonyl (C=O) groups is 1. The van der Waals surface area contributed by atoms with Gasteiger partial charge in [0, 0.05) is 17.3 Å². The third kappa shape index (κ3) is 2.29. The summed E-state index contributed by atoms with van der Waals surface area (Å²) in [6.07, 6.45) is 3.81. The van der Waals surface area contributed by atoms with Gasteiger partial charge in [0.1, 0.15) is 5.75 Å². The number of nitrogens with zero attached hydrogens (tertiary/aromatic N) is 1. The van der Waals surface area contributed by atoms with Crippen LogP contribution in [-0.4, -0.2) is 17.8 Å². The van der Waals surface area contributed by atoms with Crippen LogP contribution in [0.5, 0.6) is 5.75 Å². The number of aromatic nitrogens is 1. The largest absolute Gasteiger partial charge is 0.496 e. The summed E-state index contributed by atoms with van der Waals surface area (Å²) in [4.78, 5) is 11.6. The molecule has 0 N–H and O–H groups in total. The van der Waals surface area contributed by atoms with Crippen LogP contribution in [0.1, 0.15) is 28.5 Å². The van der Waals surface area contributed by atoms with Crippen LogP contribution in [0, 0.1) is 6.92 Å². The fourth-order valence-corrected chi connectivity index (χ4v) is 2.87. The molecule has 0 aliphatic heterocycles. The smallest absolute Gasteiger partial charge is 0.167 e. The molecule has 3 aromatic rings. The number of hydrogen-bond donors (Lipinski definition) is 0. The second-order valence-electron chi connectivity index (χ2n) is 5.44. The molecule has 2 heterocycles. The van der Waals surface area contributed by atoms with Gasteiger partial charge >= 0.3 is 0 Å². The van der Waals surface area contributed by atoms with E-state index in [4.69, 9.17) is 4.74 Å². The summed E-state index contributed by atoms with van der Waals surface area (Å²) in [5.41, 5.74) is 5.98. The number of aryl methyl sites for hydroxylation is 2. The first-order valence-electron chi connectivity index (χ1n) is 7.42. The SMILES string of the molecule is CCc1cc(-c2cc3ccc(C)cn3c2C=O)ccc1OC. The van der Waals surface area contributed by atoms with Crippen LogP contribution in [0.4, 0.5) is 0 Å². The molecular weight excluding hydrogens is 274 g/mol. The Balaban J connectivity index is 2.23. The molecular formula is C19H19NO2. The van der Waals surface area contributed by atoms with Crippen LogP contribution >= 0.6 is 0 Å². The van der Waals surface area contributed by atoms with Crippen LogP contribution in [0.2, 0.25) is 0 Å². The van der Waals surface area contributed by atoms with Gasteiger partial charge < -0.3 is 9.14 Å². The maximum absolute atomic E-state index is 11.6. The molecule has 0 aliphatic carbocycles. The third-order valence-electron chi connectivity index (χ3n) is 4.04. The lowest BCUT2D eigenvalue weighted by Crippen LogP contribution is -1.94. The molecule has 0 bridgehead atoms. The predicted molar refractivity (Wildman–Crippen MR) is 88.9 cm³/mol. The zero-order chi connectivity index (χ0) is 15.7. The monoisotopic (exact) mass is 293 g/mol. The minimum absolute atomic E-state index is 0.686. The second kappa shape index (κ2) is 5.68. The van der Waals surface area contributed by atoms with Gasteiger partial charge in [-0.25, -0.2) is 0 Å². The molecule has 22 heavy (non-hydrogen) atoms. The fourth-order valence-electron chi connectivity index (χ4n) is 2.87. The van der Waals surface area contributed by atoms with Gasteiger partial charge in [-0.3, -0.25) is 4.79 Å². The highest BCUT2D eigenvalue weighted by Gasteiger charge is 2.13. The predicted octanol–water partition coefficient (Wildman–Crippen LogP) is 4.30. The minimum atomic E-state index is 0.686. The third-order valence-corrected chi connectivity index (χ3v) is 4.04. The van der Waals surface area contributed by atoms with E-state index in [2.05, 4.69) is 25.1 Å².